The van der Waals surface area contributed by atoms with Gasteiger partial charge in [0.25, 0.3) is 0 Å². The second-order valence-corrected chi connectivity index (χ2v) is 9.57. The molecule has 34 heavy (non-hydrogen) atoms. The Morgan fingerprint density at radius 3 is 2.74 bits per heavy atom. The van der Waals surface area contributed by atoms with Crippen LogP contribution in [0.4, 0.5) is 10.1 Å². The van der Waals surface area contributed by atoms with Crippen LogP contribution in [0.15, 0.2) is 60.8 Å². The van der Waals surface area contributed by atoms with Crippen LogP contribution >= 0.6 is 0 Å². The van der Waals surface area contributed by atoms with Crippen molar-refractivity contribution < 1.29 is 9.50 Å². The molecule has 1 saturated heterocycles. The van der Waals surface area contributed by atoms with Crippen molar-refractivity contribution in [2.45, 2.75) is 44.4 Å². The summed E-state index contributed by atoms with van der Waals surface area (Å²) in [5.41, 5.74) is 7.23. The average molecular weight is 463 g/mol. The lowest BCUT2D eigenvalue weighted by molar-refractivity contribution is 0.168. The van der Waals surface area contributed by atoms with E-state index < -0.39 is 6.10 Å². The van der Waals surface area contributed by atoms with Crippen molar-refractivity contribution >= 4 is 16.6 Å². The average Bonchev–Trinajstić information content (AvgIpc) is 3.41. The van der Waals surface area contributed by atoms with Crippen LogP contribution in [0, 0.1) is 0 Å². The van der Waals surface area contributed by atoms with Crippen molar-refractivity contribution in [2.75, 3.05) is 38.2 Å². The molecule has 3 atom stereocenters. The fraction of sp³-hybridized carbons (Fsp3) is 0.429. The summed E-state index contributed by atoms with van der Waals surface area (Å²) in [6, 6.07) is 17.2. The fourth-order valence-electron chi connectivity index (χ4n) is 5.58. The minimum Gasteiger partial charge on any atom is -0.390 e. The van der Waals surface area contributed by atoms with Gasteiger partial charge in [0.15, 0.2) is 0 Å². The van der Waals surface area contributed by atoms with Crippen molar-refractivity contribution in [1.29, 1.82) is 0 Å². The number of rotatable bonds is 8. The molecule has 0 amide bonds. The van der Waals surface area contributed by atoms with Crippen molar-refractivity contribution in [3.63, 3.8) is 0 Å². The number of aliphatic hydroxyl groups is 1. The number of hydrogen-bond acceptors (Lipinski definition) is 4. The van der Waals surface area contributed by atoms with Crippen molar-refractivity contribution in [1.82, 2.24) is 14.8 Å². The van der Waals surface area contributed by atoms with E-state index in [0.717, 1.165) is 37.3 Å². The number of benzene rings is 2. The van der Waals surface area contributed by atoms with Gasteiger partial charge in [-0.3, -0.25) is 9.29 Å². The molecule has 0 aliphatic carbocycles. The number of aromatic nitrogens is 1. The quantitative estimate of drug-likeness (QED) is 0.448. The van der Waals surface area contributed by atoms with Gasteiger partial charge in [-0.1, -0.05) is 43.8 Å². The van der Waals surface area contributed by atoms with Gasteiger partial charge in [-0.05, 0) is 48.6 Å². The highest BCUT2D eigenvalue weighted by atomic mass is 19.1. The molecular weight excluding hydrogens is 427 g/mol. The molecule has 0 radical (unpaired) electrons. The first-order chi connectivity index (χ1) is 16.6. The van der Waals surface area contributed by atoms with Crippen molar-refractivity contribution in [3.8, 4) is 0 Å². The number of aromatic amines is 1. The van der Waals surface area contributed by atoms with Gasteiger partial charge in [0.1, 0.15) is 0 Å². The predicted molar refractivity (Wildman–Crippen MR) is 137 cm³/mol. The number of para-hydroxylation sites is 1. The molecule has 5 rings (SSSR count). The summed E-state index contributed by atoms with van der Waals surface area (Å²) in [5.74, 6) is 0. The zero-order valence-corrected chi connectivity index (χ0v) is 19.9. The summed E-state index contributed by atoms with van der Waals surface area (Å²) in [6.07, 6.45) is 2.00. The minimum atomic E-state index is -0.449. The van der Waals surface area contributed by atoms with E-state index in [1.54, 1.807) is 0 Å². The lowest BCUT2D eigenvalue weighted by Crippen LogP contribution is -2.35. The van der Waals surface area contributed by atoms with Crippen LogP contribution in [0.5, 0.6) is 0 Å². The summed E-state index contributed by atoms with van der Waals surface area (Å²) in [7, 11) is 0. The van der Waals surface area contributed by atoms with E-state index in [0.29, 0.717) is 19.5 Å². The Bertz CT molecular complexity index is 1140. The van der Waals surface area contributed by atoms with Gasteiger partial charge in [0.2, 0.25) is 0 Å². The molecule has 3 heterocycles. The highest BCUT2D eigenvalue weighted by Gasteiger charge is 2.33. The molecule has 0 spiro atoms. The molecule has 3 N–H and O–H groups in total. The summed E-state index contributed by atoms with van der Waals surface area (Å²) in [4.78, 5) is 8.27. The largest absolute Gasteiger partial charge is 0.390 e. The smallest absolute Gasteiger partial charge is 0.0944 e. The van der Waals surface area contributed by atoms with E-state index in [1.165, 1.54) is 27.7 Å². The van der Waals surface area contributed by atoms with E-state index in [1.807, 2.05) is 0 Å². The van der Waals surface area contributed by atoms with Gasteiger partial charge in [0.05, 0.1) is 24.9 Å². The van der Waals surface area contributed by atoms with E-state index in [2.05, 4.69) is 82.1 Å². The fourth-order valence-corrected chi connectivity index (χ4v) is 5.58. The molecule has 5 nitrogen and oxygen atoms in total. The van der Waals surface area contributed by atoms with Crippen LogP contribution in [-0.2, 0) is 6.42 Å². The van der Waals surface area contributed by atoms with Crippen LogP contribution in [0.1, 0.15) is 42.6 Å². The molecule has 3 aromatic rings. The predicted octanol–water partition coefficient (Wildman–Crippen LogP) is 4.86. The lowest BCUT2D eigenvalue weighted by atomic mass is 9.91. The lowest BCUT2D eigenvalue weighted by Gasteiger charge is -2.39. The Hall–Kier alpha value is -2.83. The number of nitrogens with one attached hydrogen (secondary N) is 2. The molecular formula is C28H35FN4O. The van der Waals surface area contributed by atoms with Gasteiger partial charge < -0.3 is 20.3 Å². The standard InChI is InChI=1S/C28H35FN4O/c1-3-19(2)33-16-13-23-22-7-4-5-8-24(22)31-27(23)28(33)20-9-11-21(12-10-20)30-25-17-32(15-6-14-29)18-26(25)34/h4-5,7-12,25-26,28,30-31,34H,2-3,6,13-18H2,1H3/t25-,26-,28-/m1/s1. The van der Waals surface area contributed by atoms with E-state index in [9.17, 15) is 9.50 Å². The third-order valence-electron chi connectivity index (χ3n) is 7.40. The van der Waals surface area contributed by atoms with Gasteiger partial charge >= 0.3 is 0 Å². The van der Waals surface area contributed by atoms with Crippen LogP contribution in [0.2, 0.25) is 0 Å². The number of nitrogens with zero attached hydrogens (tertiary/aromatic N) is 2. The number of allylic oxidation sites excluding steroid dienone is 1. The second kappa shape index (κ2) is 9.80. The zero-order chi connectivity index (χ0) is 23.7. The number of H-pyrrole nitrogens is 1. The summed E-state index contributed by atoms with van der Waals surface area (Å²) in [5, 5.41) is 15.3. The SMILES string of the molecule is C=C(CC)N1CCc2c([nH]c3ccccc23)[C@H]1c1ccc(N[C@@H]2CN(CCCF)C[C@H]2O)cc1. The Balaban J connectivity index is 1.39. The molecule has 1 fully saturated rings. The summed E-state index contributed by atoms with van der Waals surface area (Å²) < 4.78 is 12.5. The second-order valence-electron chi connectivity index (χ2n) is 9.57. The number of β-amino-alcohol motifs (C(OH)–C–C–N with tert-alkyl or cyclic N) is 1. The number of anilines is 1. The Morgan fingerprint density at radius 1 is 1.18 bits per heavy atom. The maximum absolute atomic E-state index is 12.5. The maximum Gasteiger partial charge on any atom is 0.0944 e. The zero-order valence-electron chi connectivity index (χ0n) is 19.9. The van der Waals surface area contributed by atoms with E-state index in [-0.39, 0.29) is 18.8 Å². The Labute approximate surface area is 201 Å². The van der Waals surface area contributed by atoms with Crippen LogP contribution in [-0.4, -0.2) is 64.9 Å². The Kier molecular flexibility index (Phi) is 6.61. The molecule has 0 saturated carbocycles. The summed E-state index contributed by atoms with van der Waals surface area (Å²) >= 11 is 0. The first-order valence-corrected chi connectivity index (χ1v) is 12.5. The molecule has 0 bridgehead atoms. The molecule has 2 aromatic carbocycles. The number of halogens is 1. The first kappa shape index (κ1) is 22.9. The number of aliphatic hydroxyl groups excluding tert-OH is 1. The highest BCUT2D eigenvalue weighted by molar-refractivity contribution is 5.85. The maximum atomic E-state index is 12.5. The molecule has 6 heteroatoms. The number of fused-ring (bicyclic) bond motifs is 3. The van der Waals surface area contributed by atoms with Gasteiger partial charge in [0, 0.05) is 54.2 Å². The highest BCUT2D eigenvalue weighted by Crippen LogP contribution is 2.40. The van der Waals surface area contributed by atoms with E-state index in [4.69, 9.17) is 0 Å². The van der Waals surface area contributed by atoms with Gasteiger partial charge in [-0.2, -0.15) is 0 Å². The van der Waals surface area contributed by atoms with Crippen LogP contribution in [0.3, 0.4) is 0 Å². The minimum absolute atomic E-state index is 0.0446. The van der Waals surface area contributed by atoms with Crippen molar-refractivity contribution in [3.05, 3.63) is 77.6 Å². The van der Waals surface area contributed by atoms with Crippen LogP contribution < -0.4 is 5.32 Å². The number of likely N-dealkylation sites (tertiary alicyclic amines) is 1. The Morgan fingerprint density at radius 2 is 1.97 bits per heavy atom. The molecule has 0 unspecified atom stereocenters. The topological polar surface area (TPSA) is 54.5 Å². The molecule has 2 aliphatic rings. The van der Waals surface area contributed by atoms with Crippen LogP contribution in [0.25, 0.3) is 10.9 Å². The molecule has 180 valence electrons. The van der Waals surface area contributed by atoms with E-state index >= 15 is 0 Å². The number of alkyl halides is 1. The monoisotopic (exact) mass is 462 g/mol. The number of hydrogen-bond donors (Lipinski definition) is 3. The third-order valence-corrected chi connectivity index (χ3v) is 7.40. The van der Waals surface area contributed by atoms with Gasteiger partial charge in [-0.15, -0.1) is 0 Å². The third kappa shape index (κ3) is 4.32. The first-order valence-electron chi connectivity index (χ1n) is 12.5. The van der Waals surface area contributed by atoms with Gasteiger partial charge in [-0.25, -0.2) is 0 Å². The molecule has 2 aliphatic heterocycles. The molecule has 1 aromatic heterocycles. The van der Waals surface area contributed by atoms with Crippen molar-refractivity contribution in [2.24, 2.45) is 0 Å². The summed E-state index contributed by atoms with van der Waals surface area (Å²) in [6.45, 7) is 9.18. The normalized spacial score (nSPS) is 22.8.